The molecule has 1 aromatic heterocycles. The van der Waals surface area contributed by atoms with Gasteiger partial charge in [0.25, 0.3) is 17.6 Å². The highest BCUT2D eigenvalue weighted by atomic mass is 16.7. The minimum Gasteiger partial charge on any atom is -0.422 e. The number of nitrogens with one attached hydrogen (secondary N) is 1. The molecule has 34 heavy (non-hydrogen) atoms. The molecule has 2 N–H and O–H groups in total. The summed E-state index contributed by atoms with van der Waals surface area (Å²) in [7, 11) is 0. The van der Waals surface area contributed by atoms with Crippen LogP contribution in [0.3, 0.4) is 0 Å². The van der Waals surface area contributed by atoms with E-state index in [1.165, 1.54) is 18.7 Å². The van der Waals surface area contributed by atoms with Crippen molar-refractivity contribution in [1.29, 1.82) is 0 Å². The molecule has 2 aliphatic heterocycles. The topological polar surface area (TPSA) is 126 Å². The Balaban J connectivity index is 1.45. The number of carbonyl (C=O) groups is 4. The first-order valence-electron chi connectivity index (χ1n) is 10.8. The van der Waals surface area contributed by atoms with Crippen molar-refractivity contribution < 1.29 is 33.8 Å². The number of ether oxygens (including phenoxy) is 2. The van der Waals surface area contributed by atoms with E-state index < -0.39 is 29.7 Å². The second-order valence-electron chi connectivity index (χ2n) is 9.03. The lowest BCUT2D eigenvalue weighted by atomic mass is 9.81. The molecule has 174 valence electrons. The van der Waals surface area contributed by atoms with Gasteiger partial charge in [0.1, 0.15) is 0 Å². The fourth-order valence-corrected chi connectivity index (χ4v) is 4.44. The predicted molar refractivity (Wildman–Crippen MR) is 118 cm³/mol. The van der Waals surface area contributed by atoms with E-state index in [4.69, 9.17) is 9.47 Å². The zero-order valence-electron chi connectivity index (χ0n) is 18.6. The Morgan fingerprint density at radius 3 is 2.15 bits per heavy atom. The number of H-pyrrole nitrogens is 1. The smallest absolute Gasteiger partial charge is 0.329 e. The molecule has 3 heterocycles. The van der Waals surface area contributed by atoms with E-state index in [0.717, 1.165) is 5.52 Å². The number of hydrogen-bond donors (Lipinski definition) is 2. The van der Waals surface area contributed by atoms with Crippen molar-refractivity contribution in [3.05, 3.63) is 70.9 Å². The number of cyclic esters (lactones) is 2. The molecule has 0 spiro atoms. The fourth-order valence-electron chi connectivity index (χ4n) is 4.44. The van der Waals surface area contributed by atoms with Crippen LogP contribution < -0.4 is 0 Å². The fraction of sp³-hybridized carbons (Fsp3) is 0.280. The van der Waals surface area contributed by atoms with Crippen LogP contribution in [-0.2, 0) is 32.0 Å². The third-order valence-electron chi connectivity index (χ3n) is 6.27. The molecule has 1 fully saturated rings. The first kappa shape index (κ1) is 21.8. The van der Waals surface area contributed by atoms with Crippen molar-refractivity contribution in [2.45, 2.75) is 32.6 Å². The maximum atomic E-state index is 12.7. The minimum absolute atomic E-state index is 0.0658. The van der Waals surface area contributed by atoms with Crippen LogP contribution in [0.2, 0.25) is 0 Å². The van der Waals surface area contributed by atoms with Crippen LogP contribution in [0.1, 0.15) is 45.7 Å². The summed E-state index contributed by atoms with van der Waals surface area (Å²) in [6.07, 6.45) is 1.50. The molecule has 2 aromatic carbocycles. The number of hydrogen-bond acceptors (Lipinski definition) is 7. The molecule has 2 aliphatic rings. The average molecular weight is 462 g/mol. The number of aliphatic hydroxyl groups is 1. The number of amides is 2. The largest absolute Gasteiger partial charge is 0.422 e. The average Bonchev–Trinajstić information content (AvgIpc) is 3.30. The third-order valence-corrected chi connectivity index (χ3v) is 6.27. The highest BCUT2D eigenvalue weighted by molar-refractivity contribution is 6.21. The quantitative estimate of drug-likeness (QED) is 0.339. The van der Waals surface area contributed by atoms with Gasteiger partial charge in [-0.05, 0) is 35.4 Å². The molecule has 5 rings (SSSR count). The van der Waals surface area contributed by atoms with Gasteiger partial charge in [-0.1, -0.05) is 18.2 Å². The Morgan fingerprint density at radius 2 is 1.56 bits per heavy atom. The standard InChI is InChI=1S/C25H22N2O7/c1-24(2)33-22(31)25(13-28,23(32)34-24)10-15-11-26-19-8-7-14(9-18(15)19)12-27-20(29)16-5-3-4-6-17(16)21(27)30/h3-9,11,26,28H,10,12-13H2,1-2H3. The Hall–Kier alpha value is -3.98. The maximum absolute atomic E-state index is 12.7. The van der Waals surface area contributed by atoms with E-state index in [9.17, 15) is 24.3 Å². The van der Waals surface area contributed by atoms with Crippen LogP contribution in [0.25, 0.3) is 10.9 Å². The SMILES string of the molecule is CC1(C)OC(=O)C(CO)(Cc2c[nH]c3ccc(CN4C(=O)c5ccccc5C4=O)cc23)C(=O)O1. The van der Waals surface area contributed by atoms with Crippen LogP contribution in [-0.4, -0.2) is 51.1 Å². The van der Waals surface area contributed by atoms with Crippen LogP contribution in [0.5, 0.6) is 0 Å². The molecule has 0 atom stereocenters. The predicted octanol–water partition coefficient (Wildman–Crippen LogP) is 2.32. The number of fused-ring (bicyclic) bond motifs is 2. The summed E-state index contributed by atoms with van der Waals surface area (Å²) < 4.78 is 10.5. The van der Waals surface area contributed by atoms with Gasteiger partial charge in [-0.15, -0.1) is 0 Å². The number of aliphatic hydroxyl groups excluding tert-OH is 1. The van der Waals surface area contributed by atoms with Gasteiger partial charge in [0.2, 0.25) is 0 Å². The molecular weight excluding hydrogens is 440 g/mol. The Kier molecular flexibility index (Phi) is 4.84. The second-order valence-corrected chi connectivity index (χ2v) is 9.03. The van der Waals surface area contributed by atoms with Crippen LogP contribution in [0.4, 0.5) is 0 Å². The molecular formula is C25H22N2O7. The van der Waals surface area contributed by atoms with Crippen molar-refractivity contribution in [2.75, 3.05) is 6.61 Å². The summed E-state index contributed by atoms with van der Waals surface area (Å²) in [5.74, 6) is -3.83. The van der Waals surface area contributed by atoms with Gasteiger partial charge in [-0.3, -0.25) is 24.1 Å². The third kappa shape index (κ3) is 3.28. The maximum Gasteiger partial charge on any atom is 0.329 e. The number of aromatic nitrogens is 1. The lowest BCUT2D eigenvalue weighted by molar-refractivity contribution is -0.253. The highest BCUT2D eigenvalue weighted by Gasteiger charge is 2.56. The van der Waals surface area contributed by atoms with Crippen molar-refractivity contribution in [3.63, 3.8) is 0 Å². The van der Waals surface area contributed by atoms with Crippen molar-refractivity contribution >= 4 is 34.7 Å². The first-order chi connectivity index (χ1) is 16.1. The lowest BCUT2D eigenvalue weighted by Gasteiger charge is -2.39. The number of benzene rings is 2. The van der Waals surface area contributed by atoms with E-state index in [2.05, 4.69) is 4.98 Å². The summed E-state index contributed by atoms with van der Waals surface area (Å²) in [6, 6.07) is 12.1. The summed E-state index contributed by atoms with van der Waals surface area (Å²) >= 11 is 0. The lowest BCUT2D eigenvalue weighted by Crippen LogP contribution is -2.56. The zero-order chi connectivity index (χ0) is 24.3. The molecule has 2 amide bonds. The summed E-state index contributed by atoms with van der Waals surface area (Å²) in [5.41, 5.74) is 0.865. The van der Waals surface area contributed by atoms with Crippen LogP contribution >= 0.6 is 0 Å². The van der Waals surface area contributed by atoms with Gasteiger partial charge in [0.05, 0.1) is 24.3 Å². The summed E-state index contributed by atoms with van der Waals surface area (Å²) in [4.78, 5) is 55.2. The van der Waals surface area contributed by atoms with Crippen molar-refractivity contribution in [2.24, 2.45) is 5.41 Å². The van der Waals surface area contributed by atoms with Gasteiger partial charge in [0.15, 0.2) is 5.41 Å². The molecule has 0 unspecified atom stereocenters. The van der Waals surface area contributed by atoms with Gasteiger partial charge in [-0.2, -0.15) is 0 Å². The normalized spacial score (nSPS) is 18.7. The van der Waals surface area contributed by atoms with Crippen LogP contribution in [0, 0.1) is 5.41 Å². The molecule has 0 radical (unpaired) electrons. The molecule has 1 saturated heterocycles. The molecule has 3 aromatic rings. The number of esters is 2. The Morgan fingerprint density at radius 1 is 0.941 bits per heavy atom. The van der Waals surface area contributed by atoms with Crippen LogP contribution in [0.15, 0.2) is 48.7 Å². The second kappa shape index (κ2) is 7.53. The van der Waals surface area contributed by atoms with E-state index in [0.29, 0.717) is 27.6 Å². The van der Waals surface area contributed by atoms with E-state index in [1.807, 2.05) is 0 Å². The van der Waals surface area contributed by atoms with E-state index in [1.54, 1.807) is 48.7 Å². The number of carbonyl (C=O) groups excluding carboxylic acids is 4. The summed E-state index contributed by atoms with van der Waals surface area (Å²) in [5, 5.41) is 10.7. The molecule has 9 nitrogen and oxygen atoms in total. The van der Waals surface area contributed by atoms with Gasteiger partial charge < -0.3 is 19.6 Å². The Labute approximate surface area is 194 Å². The van der Waals surface area contributed by atoms with Gasteiger partial charge in [-0.25, -0.2) is 0 Å². The van der Waals surface area contributed by atoms with Crippen molar-refractivity contribution in [1.82, 2.24) is 9.88 Å². The van der Waals surface area contributed by atoms with E-state index >= 15 is 0 Å². The molecule has 0 bridgehead atoms. The molecule has 9 heteroatoms. The Bertz CT molecular complexity index is 1320. The summed E-state index contributed by atoms with van der Waals surface area (Å²) in [6.45, 7) is 2.18. The highest BCUT2D eigenvalue weighted by Crippen LogP contribution is 2.37. The monoisotopic (exact) mass is 462 g/mol. The number of rotatable bonds is 5. The first-order valence-corrected chi connectivity index (χ1v) is 10.8. The molecule has 0 aliphatic carbocycles. The number of nitrogens with zero attached hydrogens (tertiary/aromatic N) is 1. The zero-order valence-corrected chi connectivity index (χ0v) is 18.6. The number of aromatic amines is 1. The molecule has 0 saturated carbocycles. The van der Waals surface area contributed by atoms with E-state index in [-0.39, 0.29) is 24.8 Å². The van der Waals surface area contributed by atoms with Crippen molar-refractivity contribution in [3.8, 4) is 0 Å². The van der Waals surface area contributed by atoms with Gasteiger partial charge >= 0.3 is 11.9 Å². The minimum atomic E-state index is -1.89. The van der Waals surface area contributed by atoms with Gasteiger partial charge in [0, 0.05) is 37.4 Å². The number of imide groups is 1.